The standard InChI is InChI=1S/C11H8FN.C6H6BFO2.C5H4BrN/c12-10-6-4-9(5-7-10)11-3-1-2-8-13-11;8-6-3-1-5(2-4-6)7(9)10;6-5-3-1-2-4-7-5/h1-8H;1-4,9-10H;1-4H. The lowest BCUT2D eigenvalue weighted by molar-refractivity contribution is 0.425. The molecule has 0 aliphatic heterocycles. The highest BCUT2D eigenvalue weighted by atomic mass is 79.9. The highest BCUT2D eigenvalue weighted by Gasteiger charge is 2.08. The molecule has 0 radical (unpaired) electrons. The third kappa shape index (κ3) is 8.61. The van der Waals surface area contributed by atoms with Crippen LogP contribution in [0.2, 0.25) is 0 Å². The molecule has 0 spiro atoms. The van der Waals surface area contributed by atoms with Gasteiger partial charge in [0, 0.05) is 18.0 Å². The quantitative estimate of drug-likeness (QED) is 0.339. The number of pyridine rings is 2. The number of benzene rings is 2. The SMILES string of the molecule is Brc1ccccn1.Fc1ccc(-c2ccccn2)cc1.OB(O)c1ccc(F)cc1. The number of hydrogen-bond acceptors (Lipinski definition) is 4. The van der Waals surface area contributed by atoms with Gasteiger partial charge in [-0.2, -0.15) is 0 Å². The van der Waals surface area contributed by atoms with Crippen molar-refractivity contribution in [3.05, 3.63) is 114 Å². The normalized spacial score (nSPS) is 9.50. The van der Waals surface area contributed by atoms with Gasteiger partial charge in [-0.3, -0.25) is 4.98 Å². The molecule has 0 fully saturated rings. The van der Waals surface area contributed by atoms with E-state index in [2.05, 4.69) is 25.9 Å². The first-order valence-electron chi connectivity index (χ1n) is 8.81. The van der Waals surface area contributed by atoms with Gasteiger partial charge in [0.2, 0.25) is 0 Å². The van der Waals surface area contributed by atoms with Crippen molar-refractivity contribution in [1.82, 2.24) is 9.97 Å². The molecule has 2 aromatic heterocycles. The zero-order valence-corrected chi connectivity index (χ0v) is 17.3. The summed E-state index contributed by atoms with van der Waals surface area (Å²) in [5.74, 6) is -0.607. The van der Waals surface area contributed by atoms with Crippen LogP contribution in [0.1, 0.15) is 0 Å². The predicted molar refractivity (Wildman–Crippen MR) is 118 cm³/mol. The molecule has 0 aliphatic carbocycles. The van der Waals surface area contributed by atoms with Crippen molar-refractivity contribution in [2.45, 2.75) is 0 Å². The Bertz CT molecular complexity index is 991. The average molecular weight is 471 g/mol. The van der Waals surface area contributed by atoms with Gasteiger partial charge in [0.25, 0.3) is 0 Å². The molecule has 152 valence electrons. The first-order valence-corrected chi connectivity index (χ1v) is 9.60. The summed E-state index contributed by atoms with van der Waals surface area (Å²) in [5.41, 5.74) is 2.09. The summed E-state index contributed by atoms with van der Waals surface area (Å²) in [6.07, 6.45) is 3.46. The van der Waals surface area contributed by atoms with Crippen LogP contribution in [0.25, 0.3) is 11.3 Å². The second-order valence-electron chi connectivity index (χ2n) is 5.80. The lowest BCUT2D eigenvalue weighted by atomic mass is 9.80. The molecule has 4 rings (SSSR count). The summed E-state index contributed by atoms with van der Waals surface area (Å²) in [6.45, 7) is 0. The lowest BCUT2D eigenvalue weighted by Gasteiger charge is -1.98. The highest BCUT2D eigenvalue weighted by molar-refractivity contribution is 9.10. The highest BCUT2D eigenvalue weighted by Crippen LogP contribution is 2.15. The second kappa shape index (κ2) is 12.6. The lowest BCUT2D eigenvalue weighted by Crippen LogP contribution is -2.29. The van der Waals surface area contributed by atoms with Crippen LogP contribution in [0, 0.1) is 11.6 Å². The summed E-state index contributed by atoms with van der Waals surface area (Å²) >= 11 is 3.20. The summed E-state index contributed by atoms with van der Waals surface area (Å²) in [4.78, 5) is 8.05. The maximum absolute atomic E-state index is 12.6. The van der Waals surface area contributed by atoms with Gasteiger partial charge in [-0.25, -0.2) is 13.8 Å². The van der Waals surface area contributed by atoms with Gasteiger partial charge >= 0.3 is 7.12 Å². The fourth-order valence-corrected chi connectivity index (χ4v) is 2.40. The molecular formula is C22H18BBrF2N2O2. The van der Waals surface area contributed by atoms with E-state index in [0.29, 0.717) is 5.46 Å². The van der Waals surface area contributed by atoms with Crippen LogP contribution in [-0.2, 0) is 0 Å². The molecule has 4 nitrogen and oxygen atoms in total. The van der Waals surface area contributed by atoms with Gasteiger partial charge in [-0.1, -0.05) is 24.3 Å². The molecule has 4 aromatic rings. The fraction of sp³-hybridized carbons (Fsp3) is 0. The minimum absolute atomic E-state index is 0.223. The van der Waals surface area contributed by atoms with E-state index in [1.807, 2.05) is 36.4 Å². The van der Waals surface area contributed by atoms with E-state index in [1.165, 1.54) is 36.4 Å². The van der Waals surface area contributed by atoms with E-state index < -0.39 is 7.12 Å². The second-order valence-corrected chi connectivity index (χ2v) is 6.61. The van der Waals surface area contributed by atoms with Crippen molar-refractivity contribution in [3.63, 3.8) is 0 Å². The van der Waals surface area contributed by atoms with Gasteiger partial charge < -0.3 is 10.0 Å². The van der Waals surface area contributed by atoms with Crippen molar-refractivity contribution in [3.8, 4) is 11.3 Å². The van der Waals surface area contributed by atoms with Gasteiger partial charge in [0.15, 0.2) is 0 Å². The Morgan fingerprint density at radius 1 is 0.667 bits per heavy atom. The predicted octanol–water partition coefficient (Wildman–Crippen LogP) is 4.24. The van der Waals surface area contributed by atoms with Gasteiger partial charge in [-0.15, -0.1) is 0 Å². The minimum atomic E-state index is -1.51. The molecule has 2 N–H and O–H groups in total. The van der Waals surface area contributed by atoms with Crippen molar-refractivity contribution < 1.29 is 18.8 Å². The Morgan fingerprint density at radius 3 is 1.60 bits per heavy atom. The third-order valence-corrected chi connectivity index (χ3v) is 4.07. The van der Waals surface area contributed by atoms with Crippen molar-refractivity contribution in [2.75, 3.05) is 0 Å². The van der Waals surface area contributed by atoms with E-state index in [0.717, 1.165) is 15.9 Å². The molecule has 0 saturated carbocycles. The minimum Gasteiger partial charge on any atom is -0.423 e. The van der Waals surface area contributed by atoms with E-state index in [-0.39, 0.29) is 11.6 Å². The van der Waals surface area contributed by atoms with Crippen molar-refractivity contribution in [2.24, 2.45) is 0 Å². The maximum Gasteiger partial charge on any atom is 0.488 e. The largest absolute Gasteiger partial charge is 0.488 e. The van der Waals surface area contributed by atoms with Crippen LogP contribution >= 0.6 is 15.9 Å². The molecule has 2 heterocycles. The number of aromatic nitrogens is 2. The molecule has 0 amide bonds. The average Bonchev–Trinajstić information content (AvgIpc) is 2.77. The summed E-state index contributed by atoms with van der Waals surface area (Å²) in [6, 6.07) is 22.7. The molecule has 0 atom stereocenters. The Kier molecular flexibility index (Phi) is 9.80. The zero-order valence-electron chi connectivity index (χ0n) is 15.7. The van der Waals surface area contributed by atoms with Gasteiger partial charge in [0.05, 0.1) is 5.69 Å². The third-order valence-electron chi connectivity index (χ3n) is 3.60. The molecule has 30 heavy (non-hydrogen) atoms. The summed E-state index contributed by atoms with van der Waals surface area (Å²) < 4.78 is 25.7. The monoisotopic (exact) mass is 470 g/mol. The number of rotatable bonds is 2. The zero-order chi connectivity index (χ0) is 21.8. The molecular weight excluding hydrogens is 453 g/mol. The van der Waals surface area contributed by atoms with Gasteiger partial charge in [-0.05, 0) is 82.1 Å². The maximum atomic E-state index is 12.6. The number of hydrogen-bond donors (Lipinski definition) is 2. The Hall–Kier alpha value is -2.94. The van der Waals surface area contributed by atoms with E-state index >= 15 is 0 Å². The summed E-state index contributed by atoms with van der Waals surface area (Å²) in [5, 5.41) is 17.1. The first-order chi connectivity index (χ1) is 14.5. The van der Waals surface area contributed by atoms with E-state index in [9.17, 15) is 8.78 Å². The van der Waals surface area contributed by atoms with Crippen LogP contribution in [-0.4, -0.2) is 27.1 Å². The summed E-state index contributed by atoms with van der Waals surface area (Å²) in [7, 11) is -1.51. The van der Waals surface area contributed by atoms with E-state index in [1.54, 1.807) is 24.5 Å². The van der Waals surface area contributed by atoms with Crippen LogP contribution in [0.3, 0.4) is 0 Å². The molecule has 0 bridgehead atoms. The smallest absolute Gasteiger partial charge is 0.423 e. The Balaban J connectivity index is 0.000000168. The molecule has 0 saturated heterocycles. The Morgan fingerprint density at radius 2 is 1.20 bits per heavy atom. The first kappa shape index (κ1) is 23.3. The van der Waals surface area contributed by atoms with Crippen molar-refractivity contribution in [1.29, 1.82) is 0 Å². The molecule has 0 unspecified atom stereocenters. The van der Waals surface area contributed by atoms with Crippen LogP contribution in [0.5, 0.6) is 0 Å². The number of nitrogens with zero attached hydrogens (tertiary/aromatic N) is 2. The van der Waals surface area contributed by atoms with Crippen LogP contribution in [0.15, 0.2) is 102 Å². The molecule has 2 aromatic carbocycles. The van der Waals surface area contributed by atoms with E-state index in [4.69, 9.17) is 10.0 Å². The van der Waals surface area contributed by atoms with Gasteiger partial charge in [0.1, 0.15) is 16.2 Å². The Labute approximate surface area is 182 Å². The van der Waals surface area contributed by atoms with Crippen LogP contribution in [0.4, 0.5) is 8.78 Å². The molecule has 0 aliphatic rings. The fourth-order valence-electron chi connectivity index (χ4n) is 2.13. The number of halogens is 3. The van der Waals surface area contributed by atoms with Crippen molar-refractivity contribution >= 4 is 28.5 Å². The molecule has 8 heteroatoms. The topological polar surface area (TPSA) is 66.2 Å². The van der Waals surface area contributed by atoms with Crippen LogP contribution < -0.4 is 5.46 Å².